The van der Waals surface area contributed by atoms with Gasteiger partial charge in [0.15, 0.2) is 5.54 Å². The van der Waals surface area contributed by atoms with Crippen LogP contribution in [0.15, 0.2) is 53.4 Å². The summed E-state index contributed by atoms with van der Waals surface area (Å²) in [6.07, 6.45) is 2.97. The summed E-state index contributed by atoms with van der Waals surface area (Å²) in [6, 6.07) is 12.3. The third-order valence-corrected chi connectivity index (χ3v) is 8.56. The number of anilines is 1. The number of fused-ring (bicyclic) bond motifs is 2. The van der Waals surface area contributed by atoms with Crippen molar-refractivity contribution in [2.24, 2.45) is 0 Å². The lowest BCUT2D eigenvalue weighted by atomic mass is 9.84. The maximum Gasteiger partial charge on any atom is 0.325 e. The molecule has 2 N–H and O–H groups in total. The van der Waals surface area contributed by atoms with Crippen molar-refractivity contribution < 1.29 is 27.5 Å². The molecule has 3 heterocycles. The predicted molar refractivity (Wildman–Crippen MR) is 126 cm³/mol. The number of piperidine rings is 1. The van der Waals surface area contributed by atoms with Crippen LogP contribution >= 0.6 is 0 Å². The van der Waals surface area contributed by atoms with E-state index >= 15 is 0 Å². The minimum Gasteiger partial charge on any atom is -0.493 e. The van der Waals surface area contributed by atoms with Crippen LogP contribution in [0.4, 0.5) is 10.5 Å². The molecule has 0 radical (unpaired) electrons. The van der Waals surface area contributed by atoms with Crippen LogP contribution in [0, 0.1) is 0 Å². The standard InChI is InChI=1S/C24H26N4O6S/c29-21(25-17-8-10-18(11-9-17)35(32,33)27-13-4-1-5-14-27)16-28-22(30)24(26-23(28)31)12-15-34-20-7-3-2-6-19(20)24/h2-3,6-11H,1,4-5,12-16H2,(H,25,29)(H,26,31)/t24-/m0/s1. The van der Waals surface area contributed by atoms with Crippen LogP contribution in [0.3, 0.4) is 0 Å². The van der Waals surface area contributed by atoms with Crippen LogP contribution in [0.2, 0.25) is 0 Å². The lowest BCUT2D eigenvalue weighted by Crippen LogP contribution is -2.48. The number of ether oxygens (including phenoxy) is 1. The number of imide groups is 1. The van der Waals surface area contributed by atoms with Crippen molar-refractivity contribution in [1.29, 1.82) is 0 Å². The third kappa shape index (κ3) is 4.14. The number of rotatable bonds is 5. The summed E-state index contributed by atoms with van der Waals surface area (Å²) < 4.78 is 32.7. The molecule has 4 amide bonds. The zero-order valence-electron chi connectivity index (χ0n) is 19.0. The monoisotopic (exact) mass is 498 g/mol. The number of amides is 4. The molecule has 3 aliphatic heterocycles. The molecule has 2 saturated heterocycles. The largest absolute Gasteiger partial charge is 0.493 e. The number of para-hydroxylation sites is 1. The number of benzene rings is 2. The first kappa shape index (κ1) is 23.3. The number of carbonyl (C=O) groups excluding carboxylic acids is 3. The number of hydrogen-bond acceptors (Lipinski definition) is 6. The Morgan fingerprint density at radius 2 is 1.74 bits per heavy atom. The van der Waals surface area contributed by atoms with Gasteiger partial charge in [0.2, 0.25) is 15.9 Å². The molecule has 0 saturated carbocycles. The Balaban J connectivity index is 1.26. The molecular weight excluding hydrogens is 472 g/mol. The highest BCUT2D eigenvalue weighted by molar-refractivity contribution is 7.89. The van der Waals surface area contributed by atoms with Gasteiger partial charge in [-0.1, -0.05) is 24.6 Å². The Morgan fingerprint density at radius 3 is 2.49 bits per heavy atom. The van der Waals surface area contributed by atoms with E-state index in [0.717, 1.165) is 24.2 Å². The minimum atomic E-state index is -3.58. The zero-order valence-corrected chi connectivity index (χ0v) is 19.8. The molecule has 35 heavy (non-hydrogen) atoms. The Labute approximate surface area is 203 Å². The smallest absolute Gasteiger partial charge is 0.325 e. The molecule has 2 aromatic carbocycles. The van der Waals surface area contributed by atoms with Crippen LogP contribution in [0.25, 0.3) is 0 Å². The summed E-state index contributed by atoms with van der Waals surface area (Å²) in [5.74, 6) is -0.549. The van der Waals surface area contributed by atoms with Gasteiger partial charge < -0.3 is 15.4 Å². The van der Waals surface area contributed by atoms with E-state index in [1.54, 1.807) is 24.3 Å². The average molecular weight is 499 g/mol. The van der Waals surface area contributed by atoms with E-state index < -0.39 is 40.0 Å². The number of urea groups is 1. The quantitative estimate of drug-likeness (QED) is 0.608. The predicted octanol–water partition coefficient (Wildman–Crippen LogP) is 2.03. The normalized spacial score (nSPS) is 22.5. The molecule has 2 aromatic rings. The minimum absolute atomic E-state index is 0.159. The molecule has 0 unspecified atom stereocenters. The van der Waals surface area contributed by atoms with Crippen LogP contribution in [0.5, 0.6) is 5.75 Å². The molecule has 0 aromatic heterocycles. The zero-order chi connectivity index (χ0) is 24.6. The van der Waals surface area contributed by atoms with Gasteiger partial charge in [0.1, 0.15) is 12.3 Å². The van der Waals surface area contributed by atoms with Crippen LogP contribution < -0.4 is 15.4 Å². The van der Waals surface area contributed by atoms with Gasteiger partial charge in [-0.2, -0.15) is 4.31 Å². The molecule has 3 aliphatic rings. The fourth-order valence-electron chi connectivity index (χ4n) is 4.82. The first-order chi connectivity index (χ1) is 16.8. The molecule has 1 atom stereocenters. The first-order valence-corrected chi connectivity index (χ1v) is 13.0. The molecule has 5 rings (SSSR count). The van der Waals surface area contributed by atoms with Gasteiger partial charge in [0, 0.05) is 30.8 Å². The molecular formula is C24H26N4O6S. The van der Waals surface area contributed by atoms with Gasteiger partial charge in [0.05, 0.1) is 11.5 Å². The van der Waals surface area contributed by atoms with Gasteiger partial charge >= 0.3 is 6.03 Å². The molecule has 1 spiro atoms. The molecule has 10 nitrogen and oxygen atoms in total. The summed E-state index contributed by atoms with van der Waals surface area (Å²) in [4.78, 5) is 39.7. The number of carbonyl (C=O) groups is 3. The molecule has 184 valence electrons. The second-order valence-electron chi connectivity index (χ2n) is 8.86. The number of nitrogens with one attached hydrogen (secondary N) is 2. The van der Waals surface area contributed by atoms with Crippen molar-refractivity contribution in [2.75, 3.05) is 31.6 Å². The van der Waals surface area contributed by atoms with Gasteiger partial charge in [-0.15, -0.1) is 0 Å². The summed E-state index contributed by atoms with van der Waals surface area (Å²) in [7, 11) is -3.58. The summed E-state index contributed by atoms with van der Waals surface area (Å²) in [6.45, 7) is 0.800. The first-order valence-electron chi connectivity index (χ1n) is 11.6. The lowest BCUT2D eigenvalue weighted by molar-refractivity contribution is -0.135. The molecule has 2 fully saturated rings. The van der Waals surface area contributed by atoms with Crippen LogP contribution in [-0.2, 0) is 25.2 Å². The van der Waals surface area contributed by atoms with E-state index in [9.17, 15) is 22.8 Å². The maximum absolute atomic E-state index is 13.3. The van der Waals surface area contributed by atoms with Crippen molar-refractivity contribution in [3.63, 3.8) is 0 Å². The van der Waals surface area contributed by atoms with E-state index in [1.165, 1.54) is 28.6 Å². The van der Waals surface area contributed by atoms with E-state index in [-0.39, 0.29) is 17.9 Å². The summed E-state index contributed by atoms with van der Waals surface area (Å²) >= 11 is 0. The van der Waals surface area contributed by atoms with E-state index in [2.05, 4.69) is 10.6 Å². The van der Waals surface area contributed by atoms with Crippen molar-refractivity contribution in [3.05, 3.63) is 54.1 Å². The van der Waals surface area contributed by atoms with Gasteiger partial charge in [0.25, 0.3) is 5.91 Å². The van der Waals surface area contributed by atoms with Crippen molar-refractivity contribution >= 4 is 33.6 Å². The SMILES string of the molecule is O=C(CN1C(=O)N[C@]2(CCOc3ccccc32)C1=O)Nc1ccc(S(=O)(=O)N2CCCCC2)cc1. The third-order valence-electron chi connectivity index (χ3n) is 6.65. The van der Waals surface area contributed by atoms with Gasteiger partial charge in [-0.25, -0.2) is 13.2 Å². The van der Waals surface area contributed by atoms with Crippen molar-refractivity contribution in [3.8, 4) is 5.75 Å². The number of sulfonamides is 1. The highest BCUT2D eigenvalue weighted by Gasteiger charge is 2.55. The second-order valence-corrected chi connectivity index (χ2v) is 10.8. The Morgan fingerprint density at radius 1 is 1.03 bits per heavy atom. The second kappa shape index (κ2) is 8.97. The summed E-state index contributed by atoms with van der Waals surface area (Å²) in [5.41, 5.74) is -0.319. The highest BCUT2D eigenvalue weighted by Crippen LogP contribution is 2.40. The topological polar surface area (TPSA) is 125 Å². The molecule has 0 bridgehead atoms. The van der Waals surface area contributed by atoms with Gasteiger partial charge in [-0.3, -0.25) is 14.5 Å². The molecule has 0 aliphatic carbocycles. The summed E-state index contributed by atoms with van der Waals surface area (Å²) in [5, 5.41) is 5.39. The van der Waals surface area contributed by atoms with Crippen LogP contribution in [0.1, 0.15) is 31.2 Å². The number of nitrogens with zero attached hydrogens (tertiary/aromatic N) is 2. The Hall–Kier alpha value is -3.44. The Bertz CT molecular complexity index is 1270. The van der Waals surface area contributed by atoms with E-state index in [0.29, 0.717) is 30.1 Å². The fraction of sp³-hybridized carbons (Fsp3) is 0.375. The van der Waals surface area contributed by atoms with Crippen molar-refractivity contribution in [2.45, 2.75) is 36.1 Å². The van der Waals surface area contributed by atoms with E-state index in [1.807, 2.05) is 0 Å². The lowest BCUT2D eigenvalue weighted by Gasteiger charge is -2.33. The highest BCUT2D eigenvalue weighted by atomic mass is 32.2. The fourth-order valence-corrected chi connectivity index (χ4v) is 6.34. The average Bonchev–Trinajstić information content (AvgIpc) is 3.09. The van der Waals surface area contributed by atoms with Crippen molar-refractivity contribution in [1.82, 2.24) is 14.5 Å². The van der Waals surface area contributed by atoms with Gasteiger partial charge in [-0.05, 0) is 43.2 Å². The number of hydrogen-bond donors (Lipinski definition) is 2. The Kier molecular flexibility index (Phi) is 5.97. The maximum atomic E-state index is 13.3. The van der Waals surface area contributed by atoms with Crippen LogP contribution in [-0.4, -0.2) is 61.7 Å². The van der Waals surface area contributed by atoms with E-state index in [4.69, 9.17) is 4.74 Å². The molecule has 11 heteroatoms.